The van der Waals surface area contributed by atoms with E-state index in [4.69, 9.17) is 10.5 Å². The molecule has 2 aromatic rings. The molecule has 2 N–H and O–H groups in total. The van der Waals surface area contributed by atoms with Gasteiger partial charge in [0.1, 0.15) is 5.75 Å². The van der Waals surface area contributed by atoms with Crippen molar-refractivity contribution in [1.29, 1.82) is 0 Å². The third-order valence-electron chi connectivity index (χ3n) is 2.54. The van der Waals surface area contributed by atoms with Gasteiger partial charge in [-0.3, -0.25) is 0 Å². The molecule has 1 aromatic carbocycles. The standard InChI is InChI=1S/C13H12F3N3O/c1-2-8-4-3-5-9(6-8)20-11-7-10(13(14,15)16)18-12(17)19-11/h3-7H,2H2,1H3,(H2,17,18,19). The van der Waals surface area contributed by atoms with Crippen LogP contribution in [0.4, 0.5) is 19.1 Å². The van der Waals surface area contributed by atoms with E-state index in [9.17, 15) is 13.2 Å². The summed E-state index contributed by atoms with van der Waals surface area (Å²) in [6, 6.07) is 7.72. The number of nitrogens with two attached hydrogens (primary N) is 1. The Kier molecular flexibility index (Phi) is 3.78. The zero-order chi connectivity index (χ0) is 14.8. The van der Waals surface area contributed by atoms with E-state index >= 15 is 0 Å². The number of aryl methyl sites for hydroxylation is 1. The van der Waals surface area contributed by atoms with Crippen LogP contribution in [-0.4, -0.2) is 9.97 Å². The van der Waals surface area contributed by atoms with Gasteiger partial charge in [-0.2, -0.15) is 18.2 Å². The maximum absolute atomic E-state index is 12.6. The van der Waals surface area contributed by atoms with Crippen LogP contribution in [0.2, 0.25) is 0 Å². The minimum atomic E-state index is -4.60. The molecule has 0 aliphatic heterocycles. The Bertz CT molecular complexity index is 614. The molecular formula is C13H12F3N3O. The van der Waals surface area contributed by atoms with Crippen molar-refractivity contribution in [2.45, 2.75) is 19.5 Å². The summed E-state index contributed by atoms with van der Waals surface area (Å²) in [5.41, 5.74) is 5.13. The fraction of sp³-hybridized carbons (Fsp3) is 0.231. The summed E-state index contributed by atoms with van der Waals surface area (Å²) in [4.78, 5) is 6.78. The highest BCUT2D eigenvalue weighted by Gasteiger charge is 2.33. The van der Waals surface area contributed by atoms with E-state index in [0.717, 1.165) is 18.1 Å². The molecule has 1 aromatic heterocycles. The molecule has 4 nitrogen and oxygen atoms in total. The summed E-state index contributed by atoms with van der Waals surface area (Å²) in [7, 11) is 0. The lowest BCUT2D eigenvalue weighted by atomic mass is 10.2. The highest BCUT2D eigenvalue weighted by atomic mass is 19.4. The quantitative estimate of drug-likeness (QED) is 0.937. The van der Waals surface area contributed by atoms with Gasteiger partial charge >= 0.3 is 6.18 Å². The number of nitrogens with zero attached hydrogens (tertiary/aromatic N) is 2. The Hall–Kier alpha value is -2.31. The van der Waals surface area contributed by atoms with Gasteiger partial charge in [-0.1, -0.05) is 19.1 Å². The molecule has 1 heterocycles. The molecule has 20 heavy (non-hydrogen) atoms. The Balaban J connectivity index is 2.31. The minimum Gasteiger partial charge on any atom is -0.439 e. The molecule has 0 amide bonds. The lowest BCUT2D eigenvalue weighted by molar-refractivity contribution is -0.141. The van der Waals surface area contributed by atoms with E-state index in [0.29, 0.717) is 5.75 Å². The van der Waals surface area contributed by atoms with E-state index < -0.39 is 17.8 Å². The lowest BCUT2D eigenvalue weighted by Crippen LogP contribution is -2.11. The highest BCUT2D eigenvalue weighted by molar-refractivity contribution is 5.34. The number of benzene rings is 1. The Morgan fingerprint density at radius 2 is 1.95 bits per heavy atom. The number of rotatable bonds is 3. The van der Waals surface area contributed by atoms with Gasteiger partial charge in [0.15, 0.2) is 5.69 Å². The summed E-state index contributed by atoms with van der Waals surface area (Å²) >= 11 is 0. The molecule has 0 aliphatic carbocycles. The maximum atomic E-state index is 12.6. The number of hydrogen-bond donors (Lipinski definition) is 1. The van der Waals surface area contributed by atoms with Crippen LogP contribution in [0.3, 0.4) is 0 Å². The SMILES string of the molecule is CCc1cccc(Oc2cc(C(F)(F)F)nc(N)n2)c1. The Labute approximate surface area is 113 Å². The van der Waals surface area contributed by atoms with Crippen molar-refractivity contribution in [2.75, 3.05) is 5.73 Å². The van der Waals surface area contributed by atoms with Crippen molar-refractivity contribution in [3.8, 4) is 11.6 Å². The molecule has 0 aliphatic rings. The van der Waals surface area contributed by atoms with Crippen LogP contribution in [0, 0.1) is 0 Å². The average Bonchev–Trinajstić information content (AvgIpc) is 2.37. The van der Waals surface area contributed by atoms with Crippen molar-refractivity contribution in [2.24, 2.45) is 0 Å². The van der Waals surface area contributed by atoms with Crippen molar-refractivity contribution in [3.63, 3.8) is 0 Å². The van der Waals surface area contributed by atoms with Crippen LogP contribution in [0.1, 0.15) is 18.2 Å². The second-order valence-electron chi connectivity index (χ2n) is 4.05. The largest absolute Gasteiger partial charge is 0.439 e. The summed E-state index contributed by atoms with van der Waals surface area (Å²) in [5.74, 6) is -0.324. The number of hydrogen-bond acceptors (Lipinski definition) is 4. The molecule has 7 heteroatoms. The number of anilines is 1. The molecule has 0 saturated carbocycles. The predicted octanol–water partition coefficient (Wildman–Crippen LogP) is 3.43. The van der Waals surface area contributed by atoms with Gasteiger partial charge in [-0.25, -0.2) is 4.98 Å². The van der Waals surface area contributed by atoms with E-state index in [1.54, 1.807) is 18.2 Å². The third-order valence-corrected chi connectivity index (χ3v) is 2.54. The molecule has 0 bridgehead atoms. The zero-order valence-electron chi connectivity index (χ0n) is 10.6. The van der Waals surface area contributed by atoms with E-state index in [1.807, 2.05) is 13.0 Å². The average molecular weight is 283 g/mol. The first kappa shape index (κ1) is 14.1. The molecule has 0 spiro atoms. The van der Waals surface area contributed by atoms with Gasteiger partial charge in [0, 0.05) is 6.07 Å². The predicted molar refractivity (Wildman–Crippen MR) is 67.3 cm³/mol. The van der Waals surface area contributed by atoms with Crippen LogP contribution >= 0.6 is 0 Å². The Morgan fingerprint density at radius 1 is 1.20 bits per heavy atom. The molecule has 2 rings (SSSR count). The second kappa shape index (κ2) is 5.36. The topological polar surface area (TPSA) is 61.0 Å². The fourth-order valence-corrected chi connectivity index (χ4v) is 1.59. The number of alkyl halides is 3. The van der Waals surface area contributed by atoms with Gasteiger partial charge < -0.3 is 10.5 Å². The lowest BCUT2D eigenvalue weighted by Gasteiger charge is -2.10. The third kappa shape index (κ3) is 3.37. The first-order valence-electron chi connectivity index (χ1n) is 5.87. The maximum Gasteiger partial charge on any atom is 0.433 e. The molecule has 0 atom stereocenters. The molecule has 0 saturated heterocycles. The van der Waals surface area contributed by atoms with Crippen molar-refractivity contribution in [3.05, 3.63) is 41.6 Å². The van der Waals surface area contributed by atoms with Crippen molar-refractivity contribution in [1.82, 2.24) is 9.97 Å². The smallest absolute Gasteiger partial charge is 0.433 e. The normalized spacial score (nSPS) is 11.4. The van der Waals surface area contributed by atoms with Gasteiger partial charge in [0.05, 0.1) is 0 Å². The highest BCUT2D eigenvalue weighted by Crippen LogP contribution is 2.31. The van der Waals surface area contributed by atoms with Crippen LogP contribution in [0.15, 0.2) is 30.3 Å². The van der Waals surface area contributed by atoms with Crippen molar-refractivity contribution < 1.29 is 17.9 Å². The van der Waals surface area contributed by atoms with Gasteiger partial charge in [-0.05, 0) is 24.1 Å². The van der Waals surface area contributed by atoms with Crippen LogP contribution < -0.4 is 10.5 Å². The molecular weight excluding hydrogens is 271 g/mol. The summed E-state index contributed by atoms with van der Waals surface area (Å²) in [6.45, 7) is 1.96. The summed E-state index contributed by atoms with van der Waals surface area (Å²) in [5, 5.41) is 0. The first-order valence-corrected chi connectivity index (χ1v) is 5.87. The van der Waals surface area contributed by atoms with Gasteiger partial charge in [0.25, 0.3) is 0 Å². The summed E-state index contributed by atoms with van der Waals surface area (Å²) in [6.07, 6.45) is -3.81. The zero-order valence-corrected chi connectivity index (χ0v) is 10.6. The minimum absolute atomic E-state index is 0.238. The molecule has 0 radical (unpaired) electrons. The molecule has 0 fully saturated rings. The van der Waals surface area contributed by atoms with E-state index in [1.165, 1.54) is 0 Å². The number of aromatic nitrogens is 2. The second-order valence-corrected chi connectivity index (χ2v) is 4.05. The monoisotopic (exact) mass is 283 g/mol. The van der Waals surface area contributed by atoms with Crippen LogP contribution in [0.25, 0.3) is 0 Å². The van der Waals surface area contributed by atoms with Gasteiger partial charge in [-0.15, -0.1) is 0 Å². The summed E-state index contributed by atoms with van der Waals surface area (Å²) < 4.78 is 43.1. The number of nitrogen functional groups attached to an aromatic ring is 1. The van der Waals surface area contributed by atoms with Crippen molar-refractivity contribution >= 4 is 5.95 Å². The fourth-order valence-electron chi connectivity index (χ4n) is 1.59. The van der Waals surface area contributed by atoms with Crippen LogP contribution in [-0.2, 0) is 12.6 Å². The molecule has 106 valence electrons. The number of ether oxygens (including phenoxy) is 1. The van der Waals surface area contributed by atoms with Crippen LogP contribution in [0.5, 0.6) is 11.6 Å². The van der Waals surface area contributed by atoms with Gasteiger partial charge in [0.2, 0.25) is 11.8 Å². The molecule has 0 unspecified atom stereocenters. The first-order chi connectivity index (χ1) is 9.38. The Morgan fingerprint density at radius 3 is 2.60 bits per heavy atom. The van der Waals surface area contributed by atoms with E-state index in [2.05, 4.69) is 9.97 Å². The van der Waals surface area contributed by atoms with E-state index in [-0.39, 0.29) is 5.88 Å². The number of halogens is 3.